The lowest BCUT2D eigenvalue weighted by atomic mass is 10.1. The van der Waals surface area contributed by atoms with Crippen molar-refractivity contribution in [2.75, 3.05) is 12.3 Å². The Balaban J connectivity index is 2.28. The van der Waals surface area contributed by atoms with Gasteiger partial charge in [0.25, 0.3) is 5.91 Å². The number of para-hydroxylation sites is 1. The van der Waals surface area contributed by atoms with Crippen molar-refractivity contribution in [3.05, 3.63) is 33.9 Å². The highest BCUT2D eigenvalue weighted by Gasteiger charge is 2.35. The summed E-state index contributed by atoms with van der Waals surface area (Å²) < 4.78 is 0. The minimum absolute atomic E-state index is 0.0328. The van der Waals surface area contributed by atoms with Crippen molar-refractivity contribution in [3.63, 3.8) is 0 Å². The standard InChI is InChI=1S/C15H21N3O3/c1-10(2)8-9-17(11-6-7-11)15(19)12-4-3-5-13(16)14(12)18(20)21/h3-5,10-11H,6-9,16H2,1-2H3. The maximum atomic E-state index is 12.7. The van der Waals surface area contributed by atoms with Crippen molar-refractivity contribution in [3.8, 4) is 0 Å². The summed E-state index contributed by atoms with van der Waals surface area (Å²) in [5.41, 5.74) is 5.51. The predicted molar refractivity (Wildman–Crippen MR) is 81.0 cm³/mol. The van der Waals surface area contributed by atoms with E-state index in [1.54, 1.807) is 11.0 Å². The largest absolute Gasteiger partial charge is 0.393 e. The third kappa shape index (κ3) is 3.51. The van der Waals surface area contributed by atoms with Gasteiger partial charge in [0.15, 0.2) is 0 Å². The molecule has 1 aliphatic carbocycles. The Hall–Kier alpha value is -2.11. The fourth-order valence-electron chi connectivity index (χ4n) is 2.33. The molecule has 0 unspecified atom stereocenters. The molecule has 0 radical (unpaired) electrons. The SMILES string of the molecule is CC(C)CCN(C(=O)c1cccc(N)c1[N+](=O)[O-])C1CC1. The molecule has 1 fully saturated rings. The Morgan fingerprint density at radius 3 is 2.67 bits per heavy atom. The van der Waals surface area contributed by atoms with Gasteiger partial charge >= 0.3 is 5.69 Å². The minimum Gasteiger partial charge on any atom is -0.393 e. The first-order valence-corrected chi connectivity index (χ1v) is 7.25. The molecule has 0 aromatic heterocycles. The van der Waals surface area contributed by atoms with Crippen LogP contribution in [0.5, 0.6) is 0 Å². The normalized spacial score (nSPS) is 14.2. The van der Waals surface area contributed by atoms with Crippen LogP contribution in [0.3, 0.4) is 0 Å². The van der Waals surface area contributed by atoms with Crippen LogP contribution < -0.4 is 5.73 Å². The zero-order chi connectivity index (χ0) is 15.6. The van der Waals surface area contributed by atoms with Crippen LogP contribution in [0, 0.1) is 16.0 Å². The molecule has 6 nitrogen and oxygen atoms in total. The third-order valence-electron chi connectivity index (χ3n) is 3.68. The Morgan fingerprint density at radius 2 is 2.14 bits per heavy atom. The van der Waals surface area contributed by atoms with E-state index in [1.165, 1.54) is 12.1 Å². The number of benzene rings is 1. The second kappa shape index (κ2) is 6.11. The zero-order valence-electron chi connectivity index (χ0n) is 12.4. The Bertz CT molecular complexity index is 553. The molecule has 1 aliphatic rings. The summed E-state index contributed by atoms with van der Waals surface area (Å²) in [7, 11) is 0. The molecule has 1 amide bonds. The van der Waals surface area contributed by atoms with Crippen LogP contribution in [0.15, 0.2) is 18.2 Å². The summed E-state index contributed by atoms with van der Waals surface area (Å²) in [6, 6.07) is 4.74. The molecule has 0 saturated heterocycles. The summed E-state index contributed by atoms with van der Waals surface area (Å²) in [5, 5.41) is 11.2. The first-order chi connectivity index (χ1) is 9.91. The summed E-state index contributed by atoms with van der Waals surface area (Å²) in [4.78, 5) is 25.1. The van der Waals surface area contributed by atoms with Crippen LogP contribution in [0.25, 0.3) is 0 Å². The molecule has 0 heterocycles. The van der Waals surface area contributed by atoms with Crippen LogP contribution in [0.2, 0.25) is 0 Å². The van der Waals surface area contributed by atoms with E-state index in [0.29, 0.717) is 12.5 Å². The molecule has 2 rings (SSSR count). The van der Waals surface area contributed by atoms with Crippen molar-refractivity contribution >= 4 is 17.3 Å². The van der Waals surface area contributed by atoms with Crippen LogP contribution >= 0.6 is 0 Å². The number of nitrogens with zero attached hydrogens (tertiary/aromatic N) is 2. The van der Waals surface area contributed by atoms with Gasteiger partial charge in [0, 0.05) is 12.6 Å². The molecule has 21 heavy (non-hydrogen) atoms. The number of hydrogen-bond acceptors (Lipinski definition) is 4. The average Bonchev–Trinajstić information content (AvgIpc) is 3.22. The molecule has 2 N–H and O–H groups in total. The van der Waals surface area contributed by atoms with Crippen LogP contribution in [0.4, 0.5) is 11.4 Å². The highest BCUT2D eigenvalue weighted by atomic mass is 16.6. The molecular weight excluding hydrogens is 270 g/mol. The Morgan fingerprint density at radius 1 is 1.48 bits per heavy atom. The van der Waals surface area contributed by atoms with Gasteiger partial charge in [0.05, 0.1) is 4.92 Å². The molecule has 1 aromatic rings. The van der Waals surface area contributed by atoms with E-state index < -0.39 is 4.92 Å². The van der Waals surface area contributed by atoms with E-state index >= 15 is 0 Å². The first-order valence-electron chi connectivity index (χ1n) is 7.25. The average molecular weight is 291 g/mol. The van der Waals surface area contributed by atoms with E-state index in [9.17, 15) is 14.9 Å². The highest BCUT2D eigenvalue weighted by Crippen LogP contribution is 2.32. The van der Waals surface area contributed by atoms with Crippen molar-refractivity contribution < 1.29 is 9.72 Å². The van der Waals surface area contributed by atoms with Gasteiger partial charge in [-0.25, -0.2) is 0 Å². The molecule has 0 aliphatic heterocycles. The van der Waals surface area contributed by atoms with E-state index in [4.69, 9.17) is 5.73 Å². The molecular formula is C15H21N3O3. The molecule has 0 bridgehead atoms. The highest BCUT2D eigenvalue weighted by molar-refractivity contribution is 6.00. The predicted octanol–water partition coefficient (Wildman–Crippen LogP) is 2.83. The molecule has 1 aromatic carbocycles. The quantitative estimate of drug-likeness (QED) is 0.496. The number of hydrogen-bond donors (Lipinski definition) is 1. The first kappa shape index (κ1) is 15.3. The number of amides is 1. The van der Waals surface area contributed by atoms with Crippen molar-refractivity contribution in [2.24, 2.45) is 5.92 Å². The molecule has 1 saturated carbocycles. The van der Waals surface area contributed by atoms with E-state index in [-0.39, 0.29) is 28.9 Å². The third-order valence-corrected chi connectivity index (χ3v) is 3.68. The van der Waals surface area contributed by atoms with Gasteiger partial charge in [-0.15, -0.1) is 0 Å². The number of carbonyl (C=O) groups is 1. The van der Waals surface area contributed by atoms with Gasteiger partial charge in [-0.3, -0.25) is 14.9 Å². The van der Waals surface area contributed by atoms with Gasteiger partial charge < -0.3 is 10.6 Å². The van der Waals surface area contributed by atoms with Crippen molar-refractivity contribution in [1.29, 1.82) is 0 Å². The van der Waals surface area contributed by atoms with Gasteiger partial charge in [-0.05, 0) is 37.3 Å². The summed E-state index contributed by atoms with van der Waals surface area (Å²) in [6.45, 7) is 4.82. The molecule has 114 valence electrons. The van der Waals surface area contributed by atoms with Gasteiger partial charge in [0.1, 0.15) is 11.3 Å². The van der Waals surface area contributed by atoms with Crippen LogP contribution in [0.1, 0.15) is 43.5 Å². The summed E-state index contributed by atoms with van der Waals surface area (Å²) in [6.07, 6.45) is 2.83. The number of nitro benzene ring substituents is 1. The number of carbonyl (C=O) groups excluding carboxylic acids is 1. The number of nitro groups is 1. The monoisotopic (exact) mass is 291 g/mol. The topological polar surface area (TPSA) is 89.5 Å². The van der Waals surface area contributed by atoms with Gasteiger partial charge in [0.2, 0.25) is 0 Å². The summed E-state index contributed by atoms with van der Waals surface area (Å²) >= 11 is 0. The maximum absolute atomic E-state index is 12.7. The van der Waals surface area contributed by atoms with Gasteiger partial charge in [-0.1, -0.05) is 19.9 Å². The maximum Gasteiger partial charge on any atom is 0.304 e. The molecule has 6 heteroatoms. The fraction of sp³-hybridized carbons (Fsp3) is 0.533. The summed E-state index contributed by atoms with van der Waals surface area (Å²) in [5.74, 6) is 0.201. The second-order valence-electron chi connectivity index (χ2n) is 5.91. The zero-order valence-corrected chi connectivity index (χ0v) is 12.4. The molecule has 0 atom stereocenters. The fourth-order valence-corrected chi connectivity index (χ4v) is 2.33. The second-order valence-corrected chi connectivity index (χ2v) is 5.91. The van der Waals surface area contributed by atoms with Crippen LogP contribution in [-0.2, 0) is 0 Å². The van der Waals surface area contributed by atoms with Crippen molar-refractivity contribution in [2.45, 2.75) is 39.2 Å². The minimum atomic E-state index is -0.573. The lowest BCUT2D eigenvalue weighted by Crippen LogP contribution is -2.35. The van der Waals surface area contributed by atoms with E-state index in [1.807, 2.05) is 0 Å². The molecule has 0 spiro atoms. The lowest BCUT2D eigenvalue weighted by Gasteiger charge is -2.23. The number of anilines is 1. The Kier molecular flexibility index (Phi) is 4.45. The van der Waals surface area contributed by atoms with Gasteiger partial charge in [-0.2, -0.15) is 0 Å². The number of nitrogen functional groups attached to an aromatic ring is 1. The lowest BCUT2D eigenvalue weighted by molar-refractivity contribution is -0.384. The van der Waals surface area contributed by atoms with E-state index in [0.717, 1.165) is 19.3 Å². The van der Waals surface area contributed by atoms with Crippen molar-refractivity contribution in [1.82, 2.24) is 4.90 Å². The number of nitrogens with two attached hydrogens (primary N) is 1. The van der Waals surface area contributed by atoms with Crippen LogP contribution in [-0.4, -0.2) is 28.3 Å². The Labute approximate surface area is 124 Å². The number of rotatable bonds is 6. The van der Waals surface area contributed by atoms with E-state index in [2.05, 4.69) is 13.8 Å². The smallest absolute Gasteiger partial charge is 0.304 e.